The SMILES string of the molecule is Cc1occc1-c1nnc2sc(-c3cccs3)nn12. The quantitative estimate of drug-likeness (QED) is 0.566. The van der Waals surface area contributed by atoms with Crippen LogP contribution in [0.15, 0.2) is 34.3 Å². The number of rotatable bonds is 2. The van der Waals surface area contributed by atoms with E-state index in [2.05, 4.69) is 21.4 Å². The zero-order valence-electron chi connectivity index (χ0n) is 9.90. The third-order valence-corrected chi connectivity index (χ3v) is 4.76. The standard InChI is InChI=1S/C12H8N4OS2/c1-7-8(4-5-17-7)10-13-14-12-16(10)15-11(19-12)9-3-2-6-18-9/h2-6H,1H3. The predicted octanol–water partition coefficient (Wildman–Crippen LogP) is 3.48. The largest absolute Gasteiger partial charge is 0.469 e. The minimum absolute atomic E-state index is 0.723. The van der Waals surface area contributed by atoms with Crippen molar-refractivity contribution in [3.63, 3.8) is 0 Å². The van der Waals surface area contributed by atoms with Crippen LogP contribution < -0.4 is 0 Å². The maximum absolute atomic E-state index is 5.31. The van der Waals surface area contributed by atoms with Gasteiger partial charge in [-0.1, -0.05) is 17.4 Å². The van der Waals surface area contributed by atoms with Crippen molar-refractivity contribution in [3.05, 3.63) is 35.6 Å². The molecule has 0 N–H and O–H groups in total. The smallest absolute Gasteiger partial charge is 0.235 e. The van der Waals surface area contributed by atoms with Gasteiger partial charge in [-0.2, -0.15) is 9.61 Å². The Bertz CT molecular complexity index is 840. The van der Waals surface area contributed by atoms with E-state index < -0.39 is 0 Å². The Balaban J connectivity index is 1.92. The molecule has 0 aliphatic carbocycles. The minimum Gasteiger partial charge on any atom is -0.469 e. The predicted molar refractivity (Wildman–Crippen MR) is 74.4 cm³/mol. The summed E-state index contributed by atoms with van der Waals surface area (Å²) in [6.07, 6.45) is 1.65. The molecule has 0 aromatic carbocycles. The fourth-order valence-corrected chi connectivity index (χ4v) is 3.53. The first kappa shape index (κ1) is 10.9. The molecule has 0 spiro atoms. The first-order chi connectivity index (χ1) is 9.33. The highest BCUT2D eigenvalue weighted by atomic mass is 32.1. The van der Waals surface area contributed by atoms with E-state index in [-0.39, 0.29) is 0 Å². The van der Waals surface area contributed by atoms with Crippen LogP contribution in [0.2, 0.25) is 0 Å². The van der Waals surface area contributed by atoms with Crippen molar-refractivity contribution in [2.75, 3.05) is 0 Å². The average Bonchev–Trinajstić information content (AvgIpc) is 3.11. The van der Waals surface area contributed by atoms with Crippen LogP contribution in [-0.4, -0.2) is 19.8 Å². The second kappa shape index (κ2) is 4.01. The molecule has 0 amide bonds. The van der Waals surface area contributed by atoms with Gasteiger partial charge in [-0.3, -0.25) is 0 Å². The molecule has 4 aromatic heterocycles. The number of thiophene rings is 1. The molecule has 4 aromatic rings. The van der Waals surface area contributed by atoms with Gasteiger partial charge in [0, 0.05) is 0 Å². The summed E-state index contributed by atoms with van der Waals surface area (Å²) >= 11 is 3.21. The van der Waals surface area contributed by atoms with Gasteiger partial charge in [-0.25, -0.2) is 0 Å². The van der Waals surface area contributed by atoms with Crippen LogP contribution in [0.3, 0.4) is 0 Å². The van der Waals surface area contributed by atoms with E-state index in [1.54, 1.807) is 22.1 Å². The van der Waals surface area contributed by atoms with Gasteiger partial charge in [0.1, 0.15) is 5.76 Å². The zero-order valence-corrected chi connectivity index (χ0v) is 11.5. The first-order valence-electron chi connectivity index (χ1n) is 5.63. The van der Waals surface area contributed by atoms with Crippen LogP contribution in [0, 0.1) is 6.92 Å². The van der Waals surface area contributed by atoms with Crippen LogP contribution in [0.1, 0.15) is 5.76 Å². The summed E-state index contributed by atoms with van der Waals surface area (Å²) in [6.45, 7) is 1.91. The fourth-order valence-electron chi connectivity index (χ4n) is 1.90. The lowest BCUT2D eigenvalue weighted by Gasteiger charge is -1.93. The molecule has 0 saturated carbocycles. The Morgan fingerprint density at radius 3 is 2.95 bits per heavy atom. The van der Waals surface area contributed by atoms with Crippen LogP contribution in [0.5, 0.6) is 0 Å². The molecule has 0 aliphatic rings. The third kappa shape index (κ3) is 1.62. The maximum Gasteiger partial charge on any atom is 0.235 e. The molecule has 4 rings (SSSR count). The number of furan rings is 1. The van der Waals surface area contributed by atoms with Gasteiger partial charge in [0.15, 0.2) is 10.8 Å². The van der Waals surface area contributed by atoms with Crippen molar-refractivity contribution in [1.29, 1.82) is 0 Å². The summed E-state index contributed by atoms with van der Waals surface area (Å²) in [6, 6.07) is 5.96. The topological polar surface area (TPSA) is 56.2 Å². The van der Waals surface area contributed by atoms with Crippen molar-refractivity contribution in [2.24, 2.45) is 0 Å². The van der Waals surface area contributed by atoms with E-state index in [1.165, 1.54) is 11.3 Å². The molecule has 4 heterocycles. The lowest BCUT2D eigenvalue weighted by atomic mass is 10.2. The van der Waals surface area contributed by atoms with Gasteiger partial charge >= 0.3 is 0 Å². The van der Waals surface area contributed by atoms with Crippen molar-refractivity contribution >= 4 is 27.6 Å². The Labute approximate surface area is 116 Å². The highest BCUT2D eigenvalue weighted by Gasteiger charge is 2.17. The summed E-state index contributed by atoms with van der Waals surface area (Å²) in [7, 11) is 0. The average molecular weight is 288 g/mol. The van der Waals surface area contributed by atoms with E-state index in [0.29, 0.717) is 0 Å². The normalized spacial score (nSPS) is 11.4. The van der Waals surface area contributed by atoms with Gasteiger partial charge in [0.25, 0.3) is 0 Å². The Morgan fingerprint density at radius 1 is 1.26 bits per heavy atom. The molecule has 7 heteroatoms. The van der Waals surface area contributed by atoms with Crippen molar-refractivity contribution in [1.82, 2.24) is 19.8 Å². The van der Waals surface area contributed by atoms with Gasteiger partial charge in [0.2, 0.25) is 4.96 Å². The number of nitrogens with zero attached hydrogens (tertiary/aromatic N) is 4. The number of aromatic nitrogens is 4. The summed E-state index contributed by atoms with van der Waals surface area (Å²) in [4.78, 5) is 1.93. The lowest BCUT2D eigenvalue weighted by molar-refractivity contribution is 0.535. The molecule has 0 atom stereocenters. The second-order valence-electron chi connectivity index (χ2n) is 3.99. The molecule has 0 aliphatic heterocycles. The molecule has 0 unspecified atom stereocenters. The summed E-state index contributed by atoms with van der Waals surface area (Å²) in [5, 5.41) is 16.0. The number of hydrogen-bond donors (Lipinski definition) is 0. The highest BCUT2D eigenvalue weighted by Crippen LogP contribution is 2.31. The maximum atomic E-state index is 5.31. The van der Waals surface area contributed by atoms with E-state index in [1.807, 2.05) is 24.4 Å². The van der Waals surface area contributed by atoms with Crippen molar-refractivity contribution in [2.45, 2.75) is 6.92 Å². The lowest BCUT2D eigenvalue weighted by Crippen LogP contribution is -1.90. The molecule has 0 fully saturated rings. The Morgan fingerprint density at radius 2 is 2.21 bits per heavy atom. The molecular weight excluding hydrogens is 280 g/mol. The Kier molecular flexibility index (Phi) is 2.30. The molecular formula is C12H8N4OS2. The Hall–Kier alpha value is -1.99. The first-order valence-corrected chi connectivity index (χ1v) is 7.33. The van der Waals surface area contributed by atoms with E-state index in [0.717, 1.165) is 32.0 Å². The van der Waals surface area contributed by atoms with E-state index in [4.69, 9.17) is 4.42 Å². The number of aryl methyl sites for hydroxylation is 1. The summed E-state index contributed by atoms with van der Waals surface area (Å²) in [5.41, 5.74) is 0.926. The molecule has 94 valence electrons. The van der Waals surface area contributed by atoms with Crippen LogP contribution in [-0.2, 0) is 0 Å². The molecule has 0 radical (unpaired) electrons. The summed E-state index contributed by atoms with van der Waals surface area (Å²) in [5.74, 6) is 1.54. The number of fused-ring (bicyclic) bond motifs is 1. The molecule has 0 saturated heterocycles. The van der Waals surface area contributed by atoms with Gasteiger partial charge in [-0.05, 0) is 24.4 Å². The summed E-state index contributed by atoms with van der Waals surface area (Å²) < 4.78 is 7.09. The van der Waals surface area contributed by atoms with Crippen LogP contribution in [0.4, 0.5) is 0 Å². The van der Waals surface area contributed by atoms with Crippen molar-refractivity contribution < 1.29 is 4.42 Å². The molecule has 0 bridgehead atoms. The van der Waals surface area contributed by atoms with Gasteiger partial charge in [-0.15, -0.1) is 21.5 Å². The number of hydrogen-bond acceptors (Lipinski definition) is 6. The van der Waals surface area contributed by atoms with Crippen molar-refractivity contribution in [3.8, 4) is 21.3 Å². The van der Waals surface area contributed by atoms with Gasteiger partial charge in [0.05, 0.1) is 16.7 Å². The zero-order chi connectivity index (χ0) is 12.8. The highest BCUT2D eigenvalue weighted by molar-refractivity contribution is 7.23. The third-order valence-electron chi connectivity index (χ3n) is 2.82. The van der Waals surface area contributed by atoms with Gasteiger partial charge < -0.3 is 4.42 Å². The van der Waals surface area contributed by atoms with E-state index in [9.17, 15) is 0 Å². The monoisotopic (exact) mass is 288 g/mol. The van der Waals surface area contributed by atoms with Crippen LogP contribution >= 0.6 is 22.7 Å². The molecule has 5 nitrogen and oxygen atoms in total. The van der Waals surface area contributed by atoms with E-state index >= 15 is 0 Å². The van der Waals surface area contributed by atoms with Crippen LogP contribution in [0.25, 0.3) is 26.2 Å². The molecule has 19 heavy (non-hydrogen) atoms. The fraction of sp³-hybridized carbons (Fsp3) is 0.0833. The second-order valence-corrected chi connectivity index (χ2v) is 5.90. The minimum atomic E-state index is 0.723.